The molecule has 1 aromatic heterocycles. The van der Waals surface area contributed by atoms with Gasteiger partial charge < -0.3 is 5.32 Å². The van der Waals surface area contributed by atoms with Crippen molar-refractivity contribution in [2.75, 3.05) is 25.4 Å². The molecule has 2 heterocycles. The minimum atomic E-state index is -3.29. The van der Waals surface area contributed by atoms with Crippen LogP contribution in [0.15, 0.2) is 36.4 Å². The highest BCUT2D eigenvalue weighted by Crippen LogP contribution is 2.36. The van der Waals surface area contributed by atoms with Gasteiger partial charge in [-0.15, -0.1) is 0 Å². The molecule has 1 aromatic carbocycles. The van der Waals surface area contributed by atoms with E-state index in [1.54, 1.807) is 18.2 Å². The Hall–Kier alpha value is -1.38. The van der Waals surface area contributed by atoms with E-state index in [1.165, 1.54) is 10.4 Å². The van der Waals surface area contributed by atoms with Crippen LogP contribution >= 0.6 is 34.8 Å². The monoisotopic (exact) mass is 503 g/mol. The van der Waals surface area contributed by atoms with Crippen molar-refractivity contribution in [2.45, 2.75) is 31.6 Å². The highest BCUT2D eigenvalue weighted by atomic mass is 35.5. The molecule has 0 saturated carbocycles. The Balaban J connectivity index is 1.82. The van der Waals surface area contributed by atoms with E-state index < -0.39 is 15.4 Å². The number of carbonyl (C=O) groups is 1. The number of hydrogen-bond donors (Lipinski definition) is 1. The van der Waals surface area contributed by atoms with Crippen LogP contribution < -0.4 is 5.32 Å². The highest BCUT2D eigenvalue weighted by Gasteiger charge is 2.40. The molecule has 168 valence electrons. The molecule has 3 rings (SSSR count). The van der Waals surface area contributed by atoms with Crippen molar-refractivity contribution < 1.29 is 13.2 Å². The van der Waals surface area contributed by atoms with Crippen molar-refractivity contribution in [3.63, 3.8) is 0 Å². The van der Waals surface area contributed by atoms with Crippen LogP contribution in [0, 0.1) is 0 Å². The van der Waals surface area contributed by atoms with Crippen molar-refractivity contribution in [1.29, 1.82) is 0 Å². The zero-order valence-corrected chi connectivity index (χ0v) is 20.2. The third-order valence-electron chi connectivity index (χ3n) is 5.56. The van der Waals surface area contributed by atoms with Gasteiger partial charge in [0.25, 0.3) is 5.91 Å². The second-order valence-corrected chi connectivity index (χ2v) is 11.0. The van der Waals surface area contributed by atoms with Crippen LogP contribution in [-0.2, 0) is 15.4 Å². The molecule has 10 heteroatoms. The number of halogens is 3. The lowest BCUT2D eigenvalue weighted by Crippen LogP contribution is -2.51. The van der Waals surface area contributed by atoms with Gasteiger partial charge in [-0.1, -0.05) is 47.8 Å². The van der Waals surface area contributed by atoms with Crippen LogP contribution in [0.3, 0.4) is 0 Å². The predicted molar refractivity (Wildman–Crippen MR) is 125 cm³/mol. The smallest absolute Gasteiger partial charge is 0.252 e. The summed E-state index contributed by atoms with van der Waals surface area (Å²) in [7, 11) is -3.29. The second kappa shape index (κ2) is 10.0. The van der Waals surface area contributed by atoms with Crippen molar-refractivity contribution in [1.82, 2.24) is 14.6 Å². The summed E-state index contributed by atoms with van der Waals surface area (Å²) in [5.74, 6) is -0.203. The first-order chi connectivity index (χ1) is 14.7. The van der Waals surface area contributed by atoms with Gasteiger partial charge in [-0.05, 0) is 49.6 Å². The molecule has 0 aliphatic carbocycles. The minimum Gasteiger partial charge on any atom is -0.351 e. The summed E-state index contributed by atoms with van der Waals surface area (Å²) >= 11 is 18.2. The van der Waals surface area contributed by atoms with Gasteiger partial charge in [0.05, 0.1) is 22.0 Å². The minimum absolute atomic E-state index is 0.126. The average molecular weight is 505 g/mol. The van der Waals surface area contributed by atoms with E-state index in [9.17, 15) is 13.2 Å². The lowest BCUT2D eigenvalue weighted by Gasteiger charge is -2.41. The molecule has 1 aliphatic heterocycles. The molecule has 6 nitrogen and oxygen atoms in total. The van der Waals surface area contributed by atoms with Gasteiger partial charge in [-0.2, -0.15) is 0 Å². The van der Waals surface area contributed by atoms with E-state index >= 15 is 0 Å². The summed E-state index contributed by atoms with van der Waals surface area (Å²) in [6.07, 6.45) is 1.59. The van der Waals surface area contributed by atoms with E-state index in [0.29, 0.717) is 48.1 Å². The average Bonchev–Trinajstić information content (AvgIpc) is 2.72. The number of piperidine rings is 1. The summed E-state index contributed by atoms with van der Waals surface area (Å²) in [5.41, 5.74) is 0.510. The summed E-state index contributed by atoms with van der Waals surface area (Å²) in [6, 6.07) is 10.1. The Labute approximate surface area is 197 Å². The molecular formula is C21H24Cl3N3O3S. The Bertz CT molecular complexity index is 1050. The summed E-state index contributed by atoms with van der Waals surface area (Å²) in [5, 5.41) is 4.01. The van der Waals surface area contributed by atoms with Gasteiger partial charge >= 0.3 is 0 Å². The third kappa shape index (κ3) is 5.71. The topological polar surface area (TPSA) is 79.4 Å². The van der Waals surface area contributed by atoms with E-state index in [2.05, 4.69) is 10.3 Å². The van der Waals surface area contributed by atoms with Crippen LogP contribution in [0.1, 0.15) is 42.2 Å². The molecule has 1 fully saturated rings. The zero-order chi connectivity index (χ0) is 22.6. The summed E-state index contributed by atoms with van der Waals surface area (Å²) in [4.78, 5) is 17.3. The quantitative estimate of drug-likeness (QED) is 0.561. The number of amides is 1. The number of nitrogens with one attached hydrogen (secondary N) is 1. The fraction of sp³-hybridized carbons (Fsp3) is 0.429. The number of benzene rings is 1. The maximum Gasteiger partial charge on any atom is 0.252 e. The fourth-order valence-electron chi connectivity index (χ4n) is 3.82. The lowest BCUT2D eigenvalue weighted by molar-refractivity contribution is 0.0932. The van der Waals surface area contributed by atoms with Gasteiger partial charge in [-0.3, -0.25) is 4.79 Å². The highest BCUT2D eigenvalue weighted by molar-refractivity contribution is 7.89. The molecule has 0 radical (unpaired) electrons. The number of pyridine rings is 1. The van der Waals surface area contributed by atoms with Crippen LogP contribution in [-0.4, -0.2) is 49.0 Å². The van der Waals surface area contributed by atoms with Crippen molar-refractivity contribution in [3.8, 4) is 0 Å². The third-order valence-corrected chi connectivity index (χ3v) is 8.39. The Morgan fingerprint density at radius 2 is 1.87 bits per heavy atom. The van der Waals surface area contributed by atoms with E-state index in [-0.39, 0.29) is 23.2 Å². The summed E-state index contributed by atoms with van der Waals surface area (Å²) in [6.45, 7) is 2.83. The molecule has 0 spiro atoms. The molecule has 1 N–H and O–H groups in total. The van der Waals surface area contributed by atoms with Gasteiger partial charge in [0.2, 0.25) is 10.0 Å². The van der Waals surface area contributed by atoms with E-state index in [4.69, 9.17) is 34.8 Å². The van der Waals surface area contributed by atoms with Gasteiger partial charge in [0, 0.05) is 30.1 Å². The number of sulfonamides is 1. The largest absolute Gasteiger partial charge is 0.351 e. The van der Waals surface area contributed by atoms with Crippen molar-refractivity contribution in [3.05, 3.63) is 62.9 Å². The van der Waals surface area contributed by atoms with Crippen LogP contribution in [0.4, 0.5) is 0 Å². The number of rotatable bonds is 7. The second-order valence-electron chi connectivity index (χ2n) is 7.65. The maximum absolute atomic E-state index is 12.8. The van der Waals surface area contributed by atoms with Gasteiger partial charge in [0.15, 0.2) is 0 Å². The lowest BCUT2D eigenvalue weighted by atomic mass is 9.75. The van der Waals surface area contributed by atoms with Crippen LogP contribution in [0.2, 0.25) is 15.2 Å². The van der Waals surface area contributed by atoms with Crippen LogP contribution in [0.5, 0.6) is 0 Å². The number of carbonyl (C=O) groups excluding carboxylic acids is 1. The maximum atomic E-state index is 12.8. The van der Waals surface area contributed by atoms with E-state index in [0.717, 1.165) is 5.69 Å². The Kier molecular flexibility index (Phi) is 7.86. The SMILES string of the molecule is CCCS(=O)(=O)N1CCC(CNC(=O)c2ccc(Cl)cc2Cl)(c2cccc(Cl)n2)CC1. The van der Waals surface area contributed by atoms with Crippen molar-refractivity contribution in [2.24, 2.45) is 0 Å². The van der Waals surface area contributed by atoms with Crippen LogP contribution in [0.25, 0.3) is 0 Å². The standard InChI is InChI=1S/C21H24Cl3N3O3S/c1-2-12-31(29,30)27-10-8-21(9-11-27,18-4-3-5-19(24)26-18)14-25-20(28)16-7-6-15(22)13-17(16)23/h3-7,13H,2,8-12,14H2,1H3,(H,25,28). The number of aromatic nitrogens is 1. The molecule has 0 atom stereocenters. The molecule has 31 heavy (non-hydrogen) atoms. The number of hydrogen-bond acceptors (Lipinski definition) is 4. The summed E-state index contributed by atoms with van der Waals surface area (Å²) < 4.78 is 26.5. The van der Waals surface area contributed by atoms with E-state index in [1.807, 2.05) is 19.1 Å². The molecular weight excluding hydrogens is 481 g/mol. The van der Waals surface area contributed by atoms with Gasteiger partial charge in [-0.25, -0.2) is 17.7 Å². The molecule has 1 aliphatic rings. The first-order valence-corrected chi connectivity index (χ1v) is 12.8. The molecule has 1 amide bonds. The fourth-order valence-corrected chi connectivity index (χ4v) is 6.00. The number of nitrogens with zero attached hydrogens (tertiary/aromatic N) is 2. The normalized spacial score (nSPS) is 16.8. The molecule has 0 bridgehead atoms. The van der Waals surface area contributed by atoms with Gasteiger partial charge in [0.1, 0.15) is 5.15 Å². The first-order valence-electron chi connectivity index (χ1n) is 10.0. The molecule has 1 saturated heterocycles. The molecule has 2 aromatic rings. The molecule has 0 unspecified atom stereocenters. The Morgan fingerprint density at radius 1 is 1.16 bits per heavy atom. The Morgan fingerprint density at radius 3 is 2.48 bits per heavy atom. The zero-order valence-electron chi connectivity index (χ0n) is 17.1. The van der Waals surface area contributed by atoms with Crippen molar-refractivity contribution >= 4 is 50.7 Å². The predicted octanol–water partition coefficient (Wildman–Crippen LogP) is 4.55. The first kappa shape index (κ1) is 24.3.